The molecule has 2 aromatic carbocycles. The highest BCUT2D eigenvalue weighted by molar-refractivity contribution is 7.19. The van der Waals surface area contributed by atoms with Crippen molar-refractivity contribution in [3.63, 3.8) is 0 Å². The number of nitrogen functional groups attached to an aromatic ring is 1. The van der Waals surface area contributed by atoms with Crippen molar-refractivity contribution in [3.8, 4) is 0 Å². The average molecular weight is 487 g/mol. The van der Waals surface area contributed by atoms with Gasteiger partial charge in [0.05, 0.1) is 32.9 Å². The van der Waals surface area contributed by atoms with Crippen LogP contribution in [0.15, 0.2) is 59.8 Å². The number of rotatable bonds is 5. The van der Waals surface area contributed by atoms with Gasteiger partial charge >= 0.3 is 5.97 Å². The van der Waals surface area contributed by atoms with Gasteiger partial charge in [-0.05, 0) is 37.6 Å². The van der Waals surface area contributed by atoms with Crippen LogP contribution >= 0.6 is 34.5 Å². The van der Waals surface area contributed by atoms with Gasteiger partial charge in [-0.15, -0.1) is 11.3 Å². The van der Waals surface area contributed by atoms with Crippen LogP contribution in [0.1, 0.15) is 46.1 Å². The maximum atomic E-state index is 13.3. The zero-order valence-corrected chi connectivity index (χ0v) is 19.7. The number of allylic oxidation sites excluding steroid dienone is 1. The van der Waals surface area contributed by atoms with E-state index >= 15 is 0 Å². The molecule has 0 bridgehead atoms. The second kappa shape index (κ2) is 8.98. The lowest BCUT2D eigenvalue weighted by molar-refractivity contribution is -0.138. The Balaban J connectivity index is 1.86. The number of hydrogen-bond acceptors (Lipinski definition) is 6. The van der Waals surface area contributed by atoms with Crippen molar-refractivity contribution in [1.29, 1.82) is 0 Å². The van der Waals surface area contributed by atoms with E-state index in [1.165, 1.54) is 17.4 Å². The third-order valence-electron chi connectivity index (χ3n) is 5.28. The van der Waals surface area contributed by atoms with E-state index in [1.54, 1.807) is 19.1 Å². The zero-order chi connectivity index (χ0) is 23.0. The van der Waals surface area contributed by atoms with Gasteiger partial charge in [-0.25, -0.2) is 4.79 Å². The predicted octanol–water partition coefficient (Wildman–Crippen LogP) is 6.26. The monoisotopic (exact) mass is 486 g/mol. The van der Waals surface area contributed by atoms with Crippen molar-refractivity contribution < 1.29 is 14.3 Å². The van der Waals surface area contributed by atoms with E-state index in [-0.39, 0.29) is 12.4 Å². The van der Waals surface area contributed by atoms with Crippen molar-refractivity contribution in [2.75, 3.05) is 17.7 Å². The van der Waals surface area contributed by atoms with Crippen LogP contribution in [0.3, 0.4) is 0 Å². The Morgan fingerprint density at radius 2 is 1.84 bits per heavy atom. The molecule has 164 valence electrons. The van der Waals surface area contributed by atoms with Crippen molar-refractivity contribution >= 4 is 57.0 Å². The first kappa shape index (κ1) is 22.4. The number of hydrogen-bond donors (Lipinski definition) is 2. The van der Waals surface area contributed by atoms with Crippen molar-refractivity contribution in [1.82, 2.24) is 0 Å². The molecule has 1 aliphatic heterocycles. The minimum atomic E-state index is -0.460. The van der Waals surface area contributed by atoms with Crippen molar-refractivity contribution in [3.05, 3.63) is 91.4 Å². The summed E-state index contributed by atoms with van der Waals surface area (Å²) in [4.78, 5) is 26.6. The summed E-state index contributed by atoms with van der Waals surface area (Å²) >= 11 is 13.4. The molecule has 4 rings (SSSR count). The van der Waals surface area contributed by atoms with Crippen LogP contribution in [0.2, 0.25) is 10.0 Å². The summed E-state index contributed by atoms with van der Waals surface area (Å²) < 4.78 is 5.34. The molecule has 0 radical (unpaired) electrons. The van der Waals surface area contributed by atoms with E-state index in [0.717, 1.165) is 10.6 Å². The summed E-state index contributed by atoms with van der Waals surface area (Å²) in [5.74, 6) is -1.14. The van der Waals surface area contributed by atoms with Gasteiger partial charge in [0.2, 0.25) is 5.78 Å². The van der Waals surface area contributed by atoms with Crippen molar-refractivity contribution in [2.24, 2.45) is 0 Å². The molecule has 1 aromatic heterocycles. The van der Waals surface area contributed by atoms with Crippen LogP contribution in [0.25, 0.3) is 0 Å². The number of benzene rings is 2. The Kier molecular flexibility index (Phi) is 6.29. The van der Waals surface area contributed by atoms with Gasteiger partial charge in [0, 0.05) is 22.7 Å². The number of anilines is 2. The van der Waals surface area contributed by atoms with Crippen LogP contribution < -0.4 is 11.1 Å². The van der Waals surface area contributed by atoms with Gasteiger partial charge in [-0.1, -0.05) is 53.5 Å². The smallest absolute Gasteiger partial charge is 0.336 e. The number of nitrogens with two attached hydrogens (primary N) is 1. The molecular weight excluding hydrogens is 467 g/mol. The number of nitrogens with one attached hydrogen (secondary N) is 1. The van der Waals surface area contributed by atoms with Crippen LogP contribution in [0.4, 0.5) is 10.7 Å². The molecule has 0 saturated heterocycles. The van der Waals surface area contributed by atoms with E-state index in [1.807, 2.05) is 37.3 Å². The Morgan fingerprint density at radius 1 is 1.12 bits per heavy atom. The molecular formula is C24H20Cl2N2O3S. The molecule has 0 fully saturated rings. The summed E-state index contributed by atoms with van der Waals surface area (Å²) in [5.41, 5.74) is 9.99. The molecule has 32 heavy (non-hydrogen) atoms. The molecule has 3 N–H and O–H groups in total. The number of carbonyl (C=O) groups is 2. The van der Waals surface area contributed by atoms with E-state index in [4.69, 9.17) is 33.7 Å². The highest BCUT2D eigenvalue weighted by Crippen LogP contribution is 2.50. The molecule has 0 aliphatic carbocycles. The van der Waals surface area contributed by atoms with E-state index in [0.29, 0.717) is 43.0 Å². The molecule has 5 nitrogen and oxygen atoms in total. The highest BCUT2D eigenvalue weighted by atomic mass is 35.5. The van der Waals surface area contributed by atoms with E-state index < -0.39 is 11.9 Å². The van der Waals surface area contributed by atoms with Gasteiger partial charge in [-0.3, -0.25) is 4.79 Å². The Hall–Kier alpha value is -2.80. The molecule has 3 aromatic rings. The quantitative estimate of drug-likeness (QED) is 0.328. The fourth-order valence-corrected chi connectivity index (χ4v) is 5.30. The number of thiophene rings is 1. The summed E-state index contributed by atoms with van der Waals surface area (Å²) in [6, 6.07) is 14.3. The van der Waals surface area contributed by atoms with Crippen LogP contribution in [-0.4, -0.2) is 18.4 Å². The van der Waals surface area contributed by atoms with Gasteiger partial charge in [0.15, 0.2) is 0 Å². The van der Waals surface area contributed by atoms with Crippen LogP contribution in [-0.2, 0) is 9.53 Å². The van der Waals surface area contributed by atoms with Gasteiger partial charge in [0.1, 0.15) is 4.88 Å². The van der Waals surface area contributed by atoms with Crippen LogP contribution in [0.5, 0.6) is 0 Å². The molecule has 0 amide bonds. The Bertz CT molecular complexity index is 1250. The summed E-state index contributed by atoms with van der Waals surface area (Å²) in [6.07, 6.45) is 0. The Labute approximate surface area is 199 Å². The maximum absolute atomic E-state index is 13.3. The largest absolute Gasteiger partial charge is 0.463 e. The summed E-state index contributed by atoms with van der Waals surface area (Å²) in [6.45, 7) is 3.84. The SMILES string of the molecule is CCOC(=O)C1=C(C)Nc2sc(C(=O)c3ccc(Cl)c(Cl)c3)c(N)c2C1c1ccccc1. The first-order chi connectivity index (χ1) is 15.3. The summed E-state index contributed by atoms with van der Waals surface area (Å²) in [5, 5.41) is 4.64. The minimum Gasteiger partial charge on any atom is -0.463 e. The van der Waals surface area contributed by atoms with E-state index in [2.05, 4.69) is 5.32 Å². The average Bonchev–Trinajstić information content (AvgIpc) is 3.10. The van der Waals surface area contributed by atoms with Gasteiger partial charge in [-0.2, -0.15) is 0 Å². The number of halogens is 2. The molecule has 1 unspecified atom stereocenters. The number of esters is 1. The third kappa shape index (κ3) is 3.90. The lowest BCUT2D eigenvalue weighted by Gasteiger charge is -2.28. The highest BCUT2D eigenvalue weighted by Gasteiger charge is 2.37. The predicted molar refractivity (Wildman–Crippen MR) is 130 cm³/mol. The third-order valence-corrected chi connectivity index (χ3v) is 7.16. The fraction of sp³-hybridized carbons (Fsp3) is 0.167. The number of ketones is 1. The summed E-state index contributed by atoms with van der Waals surface area (Å²) in [7, 11) is 0. The first-order valence-electron chi connectivity index (χ1n) is 9.95. The number of fused-ring (bicyclic) bond motifs is 1. The standard InChI is InChI=1S/C24H20Cl2N2O3S/c1-3-31-24(30)17-12(2)28-23-19(18(17)13-7-5-4-6-8-13)20(27)22(32-23)21(29)14-9-10-15(25)16(26)11-14/h4-11,18,28H,3,27H2,1-2H3. The minimum absolute atomic E-state index is 0.254. The number of ether oxygens (including phenoxy) is 1. The molecule has 1 atom stereocenters. The molecule has 1 aliphatic rings. The lowest BCUT2D eigenvalue weighted by atomic mass is 9.81. The molecule has 0 spiro atoms. The van der Waals surface area contributed by atoms with Gasteiger partial charge < -0.3 is 15.8 Å². The maximum Gasteiger partial charge on any atom is 0.336 e. The second-order valence-electron chi connectivity index (χ2n) is 7.27. The molecule has 8 heteroatoms. The fourth-order valence-electron chi connectivity index (χ4n) is 3.83. The molecule has 2 heterocycles. The van der Waals surface area contributed by atoms with Crippen molar-refractivity contribution in [2.45, 2.75) is 19.8 Å². The molecule has 0 saturated carbocycles. The first-order valence-corrected chi connectivity index (χ1v) is 11.5. The second-order valence-corrected chi connectivity index (χ2v) is 9.11. The topological polar surface area (TPSA) is 81.4 Å². The number of carbonyl (C=O) groups excluding carboxylic acids is 2. The van der Waals surface area contributed by atoms with Gasteiger partial charge in [0.25, 0.3) is 0 Å². The van der Waals surface area contributed by atoms with Crippen LogP contribution in [0, 0.1) is 0 Å². The zero-order valence-electron chi connectivity index (χ0n) is 17.4. The normalized spacial score (nSPS) is 15.2. The Morgan fingerprint density at radius 3 is 2.50 bits per heavy atom. The van der Waals surface area contributed by atoms with E-state index in [9.17, 15) is 9.59 Å². The lowest BCUT2D eigenvalue weighted by Crippen LogP contribution is -2.24.